The molecule has 0 aromatic heterocycles. The Morgan fingerprint density at radius 3 is 2.32 bits per heavy atom. The Morgan fingerprint density at radius 2 is 1.65 bits per heavy atom. The summed E-state index contributed by atoms with van der Waals surface area (Å²) < 4.78 is 11.5. The molecule has 2 rings (SSSR count). The van der Waals surface area contributed by atoms with E-state index >= 15 is 0 Å². The van der Waals surface area contributed by atoms with Crippen molar-refractivity contribution in [3.63, 3.8) is 0 Å². The lowest BCUT2D eigenvalue weighted by molar-refractivity contribution is -0.119. The van der Waals surface area contributed by atoms with Crippen LogP contribution >= 0.6 is 12.2 Å². The first-order valence-corrected chi connectivity index (χ1v) is 11.3. The summed E-state index contributed by atoms with van der Waals surface area (Å²) in [5.74, 6) is 1.39. The molecule has 0 aliphatic heterocycles. The number of rotatable bonds is 10. The van der Waals surface area contributed by atoms with Crippen molar-refractivity contribution in [1.82, 2.24) is 5.32 Å². The van der Waals surface area contributed by atoms with E-state index in [2.05, 4.69) is 50.5 Å². The fraction of sp³-hybridized carbons (Fsp3) is 0.440. The fourth-order valence-corrected chi connectivity index (χ4v) is 3.06. The molecule has 0 saturated carbocycles. The van der Waals surface area contributed by atoms with Gasteiger partial charge in [0.25, 0.3) is 0 Å². The average molecular weight is 443 g/mol. The van der Waals surface area contributed by atoms with E-state index in [1.165, 1.54) is 5.56 Å². The highest BCUT2D eigenvalue weighted by atomic mass is 32.1. The summed E-state index contributed by atoms with van der Waals surface area (Å²) in [6, 6.07) is 15.7. The van der Waals surface area contributed by atoms with Gasteiger partial charge in [-0.05, 0) is 60.3 Å². The summed E-state index contributed by atoms with van der Waals surface area (Å²) in [4.78, 5) is 12.2. The van der Waals surface area contributed by atoms with Crippen LogP contribution in [0, 0.1) is 0 Å². The molecule has 168 valence electrons. The van der Waals surface area contributed by atoms with Crippen molar-refractivity contribution in [2.45, 2.75) is 58.8 Å². The largest absolute Gasteiger partial charge is 0.494 e. The zero-order valence-electron chi connectivity index (χ0n) is 19.0. The van der Waals surface area contributed by atoms with E-state index in [1.807, 2.05) is 36.4 Å². The Bertz CT molecular complexity index is 845. The predicted octanol–water partition coefficient (Wildman–Crippen LogP) is 5.84. The highest BCUT2D eigenvalue weighted by molar-refractivity contribution is 7.80. The van der Waals surface area contributed by atoms with Crippen LogP contribution in [0.25, 0.3) is 0 Å². The van der Waals surface area contributed by atoms with Gasteiger partial charge < -0.3 is 20.1 Å². The van der Waals surface area contributed by atoms with Gasteiger partial charge in [0, 0.05) is 6.42 Å². The highest BCUT2D eigenvalue weighted by Crippen LogP contribution is 2.25. The van der Waals surface area contributed by atoms with Gasteiger partial charge in [0.2, 0.25) is 5.91 Å². The van der Waals surface area contributed by atoms with Crippen LogP contribution in [0.5, 0.6) is 11.5 Å². The summed E-state index contributed by atoms with van der Waals surface area (Å²) in [5.41, 5.74) is 2.12. The number of ether oxygens (including phenoxy) is 2. The molecule has 2 N–H and O–H groups in total. The first-order chi connectivity index (χ1) is 14.8. The molecule has 2 aromatic carbocycles. The topological polar surface area (TPSA) is 59.6 Å². The van der Waals surface area contributed by atoms with E-state index in [4.69, 9.17) is 21.7 Å². The predicted molar refractivity (Wildman–Crippen MR) is 131 cm³/mol. The zero-order chi connectivity index (χ0) is 22.7. The maximum atomic E-state index is 12.2. The Labute approximate surface area is 191 Å². The number of amides is 1. The SMILES string of the molecule is CCCCOc1ccccc1NC(=S)NC(=O)CCCOc1ccc(C(C)(C)C)cc1. The first-order valence-electron chi connectivity index (χ1n) is 10.9. The summed E-state index contributed by atoms with van der Waals surface area (Å²) in [7, 11) is 0. The van der Waals surface area contributed by atoms with Crippen molar-refractivity contribution < 1.29 is 14.3 Å². The highest BCUT2D eigenvalue weighted by Gasteiger charge is 2.13. The summed E-state index contributed by atoms with van der Waals surface area (Å²) in [6.45, 7) is 9.77. The van der Waals surface area contributed by atoms with E-state index < -0.39 is 0 Å². The molecule has 0 radical (unpaired) electrons. The van der Waals surface area contributed by atoms with Gasteiger partial charge in [0.1, 0.15) is 11.5 Å². The summed E-state index contributed by atoms with van der Waals surface area (Å²) in [6.07, 6.45) is 2.98. The van der Waals surface area contributed by atoms with Crippen LogP contribution in [0.2, 0.25) is 0 Å². The van der Waals surface area contributed by atoms with E-state index in [-0.39, 0.29) is 16.4 Å². The quantitative estimate of drug-likeness (QED) is 0.358. The number of benzene rings is 2. The van der Waals surface area contributed by atoms with Crippen molar-refractivity contribution in [1.29, 1.82) is 0 Å². The number of hydrogen-bond acceptors (Lipinski definition) is 4. The van der Waals surface area contributed by atoms with E-state index in [1.54, 1.807) is 0 Å². The van der Waals surface area contributed by atoms with Gasteiger partial charge in [-0.15, -0.1) is 0 Å². The van der Waals surface area contributed by atoms with Gasteiger partial charge >= 0.3 is 0 Å². The molecule has 0 fully saturated rings. The second-order valence-corrected chi connectivity index (χ2v) is 8.84. The van der Waals surface area contributed by atoms with Gasteiger partial charge in [-0.2, -0.15) is 0 Å². The minimum Gasteiger partial charge on any atom is -0.494 e. The number of nitrogens with one attached hydrogen (secondary N) is 2. The standard InChI is InChI=1S/C25H34N2O3S/c1-5-6-17-30-22-11-8-7-10-21(22)26-24(31)27-23(28)12-9-18-29-20-15-13-19(14-16-20)25(2,3)4/h7-8,10-11,13-16H,5-6,9,12,17-18H2,1-4H3,(H2,26,27,28,31). The number of unbranched alkanes of at least 4 members (excludes halogenated alkanes) is 1. The van der Waals surface area contributed by atoms with Crippen molar-refractivity contribution >= 4 is 28.9 Å². The number of carbonyl (C=O) groups excluding carboxylic acids is 1. The zero-order valence-corrected chi connectivity index (χ0v) is 19.8. The molecule has 5 nitrogen and oxygen atoms in total. The van der Waals surface area contributed by atoms with Crippen LogP contribution in [-0.2, 0) is 10.2 Å². The molecule has 0 saturated heterocycles. The normalized spacial score (nSPS) is 11.0. The Kier molecular flexibility index (Phi) is 9.79. The smallest absolute Gasteiger partial charge is 0.226 e. The molecule has 0 heterocycles. The minimum absolute atomic E-state index is 0.116. The number of carbonyl (C=O) groups is 1. The van der Waals surface area contributed by atoms with E-state index in [0.717, 1.165) is 30.0 Å². The molecule has 0 bridgehead atoms. The Morgan fingerprint density at radius 1 is 0.968 bits per heavy atom. The molecule has 0 atom stereocenters. The van der Waals surface area contributed by atoms with Crippen molar-refractivity contribution in [2.75, 3.05) is 18.5 Å². The van der Waals surface area contributed by atoms with E-state index in [9.17, 15) is 4.79 Å². The lowest BCUT2D eigenvalue weighted by Gasteiger charge is -2.19. The number of thiocarbonyl (C=S) groups is 1. The molecular formula is C25H34N2O3S. The van der Waals surface area contributed by atoms with Crippen molar-refractivity contribution in [3.05, 3.63) is 54.1 Å². The molecular weight excluding hydrogens is 408 g/mol. The average Bonchev–Trinajstić information content (AvgIpc) is 2.72. The lowest BCUT2D eigenvalue weighted by Crippen LogP contribution is -2.34. The van der Waals surface area contributed by atoms with Gasteiger partial charge in [-0.1, -0.05) is 58.4 Å². The van der Waals surface area contributed by atoms with Gasteiger partial charge in [-0.3, -0.25) is 4.79 Å². The third-order valence-corrected chi connectivity index (χ3v) is 4.89. The minimum atomic E-state index is -0.145. The van der Waals surface area contributed by atoms with Crippen LogP contribution in [0.1, 0.15) is 58.9 Å². The van der Waals surface area contributed by atoms with Crippen LogP contribution in [0.4, 0.5) is 5.69 Å². The molecule has 6 heteroatoms. The van der Waals surface area contributed by atoms with E-state index in [0.29, 0.717) is 26.1 Å². The Balaban J connectivity index is 1.71. The molecule has 0 aliphatic carbocycles. The van der Waals surface area contributed by atoms with Crippen LogP contribution in [0.3, 0.4) is 0 Å². The third kappa shape index (κ3) is 8.97. The summed E-state index contributed by atoms with van der Waals surface area (Å²) in [5, 5.41) is 6.02. The monoisotopic (exact) mass is 442 g/mol. The molecule has 0 spiro atoms. The first kappa shape index (κ1) is 24.7. The van der Waals surface area contributed by atoms with Crippen molar-refractivity contribution in [3.8, 4) is 11.5 Å². The molecule has 1 amide bonds. The van der Waals surface area contributed by atoms with Crippen LogP contribution in [-0.4, -0.2) is 24.2 Å². The van der Waals surface area contributed by atoms with Crippen molar-refractivity contribution in [2.24, 2.45) is 0 Å². The summed E-state index contributed by atoms with van der Waals surface area (Å²) >= 11 is 5.27. The van der Waals surface area contributed by atoms with Crippen LogP contribution < -0.4 is 20.1 Å². The van der Waals surface area contributed by atoms with Gasteiger partial charge in [0.05, 0.1) is 18.9 Å². The fourth-order valence-electron chi connectivity index (χ4n) is 2.84. The molecule has 31 heavy (non-hydrogen) atoms. The maximum Gasteiger partial charge on any atom is 0.226 e. The lowest BCUT2D eigenvalue weighted by atomic mass is 9.87. The van der Waals surface area contributed by atoms with Gasteiger partial charge in [0.15, 0.2) is 5.11 Å². The Hall–Kier alpha value is -2.60. The van der Waals surface area contributed by atoms with Gasteiger partial charge in [-0.25, -0.2) is 0 Å². The third-order valence-electron chi connectivity index (χ3n) is 4.68. The maximum absolute atomic E-state index is 12.2. The second kappa shape index (κ2) is 12.3. The molecule has 0 unspecified atom stereocenters. The molecule has 0 aliphatic rings. The number of anilines is 1. The second-order valence-electron chi connectivity index (χ2n) is 8.43. The van der Waals surface area contributed by atoms with Crippen LogP contribution in [0.15, 0.2) is 48.5 Å². The molecule has 2 aromatic rings. The number of para-hydroxylation sites is 2. The number of hydrogen-bond donors (Lipinski definition) is 2.